The van der Waals surface area contributed by atoms with Crippen molar-refractivity contribution in [3.63, 3.8) is 0 Å². The highest BCUT2D eigenvalue weighted by Gasteiger charge is 2.31. The number of hydrogen-bond acceptors (Lipinski definition) is 7. The van der Waals surface area contributed by atoms with Crippen LogP contribution in [0.2, 0.25) is 0 Å². The van der Waals surface area contributed by atoms with Crippen molar-refractivity contribution in [1.29, 1.82) is 0 Å². The molecule has 0 spiro atoms. The van der Waals surface area contributed by atoms with E-state index in [9.17, 15) is 22.8 Å². The van der Waals surface area contributed by atoms with Gasteiger partial charge in [-0.2, -0.15) is 18.2 Å². The molecule has 2 aromatic rings. The molecule has 2 aliphatic rings. The fourth-order valence-electron chi connectivity index (χ4n) is 2.93. The molecule has 0 bridgehead atoms. The van der Waals surface area contributed by atoms with Crippen LogP contribution in [0.3, 0.4) is 0 Å². The topological polar surface area (TPSA) is 94.5 Å². The average molecular weight is 422 g/mol. The molecule has 158 valence electrons. The summed E-state index contributed by atoms with van der Waals surface area (Å²) in [4.78, 5) is 38.3. The van der Waals surface area contributed by atoms with Gasteiger partial charge in [-0.3, -0.25) is 14.5 Å². The van der Waals surface area contributed by atoms with Gasteiger partial charge >= 0.3 is 6.18 Å². The second-order valence-electron chi connectivity index (χ2n) is 7.07. The largest absolute Gasteiger partial charge is 0.468 e. The standard InChI is InChI=1S/C19H17F3N4O4/c20-19(21,22)9-29-16-4-3-12-8-26(10-30-17(12)25-16)18(28)13-5-6-23-15(24-13)7-14(27)11-1-2-11/h3-6,11H,1-2,7-10H2. The Bertz CT molecular complexity index is 978. The van der Waals surface area contributed by atoms with Crippen LogP contribution in [0.4, 0.5) is 13.2 Å². The minimum absolute atomic E-state index is 0.0736. The van der Waals surface area contributed by atoms with E-state index >= 15 is 0 Å². The smallest absolute Gasteiger partial charge is 0.422 e. The highest BCUT2D eigenvalue weighted by atomic mass is 19.4. The van der Waals surface area contributed by atoms with E-state index in [0.29, 0.717) is 11.4 Å². The van der Waals surface area contributed by atoms with Crippen molar-refractivity contribution in [1.82, 2.24) is 19.9 Å². The molecule has 0 N–H and O–H groups in total. The van der Waals surface area contributed by atoms with Crippen molar-refractivity contribution in [3.05, 3.63) is 41.5 Å². The molecule has 0 atom stereocenters. The summed E-state index contributed by atoms with van der Waals surface area (Å²) < 4.78 is 46.8. The number of carbonyl (C=O) groups is 2. The number of alkyl halides is 3. The summed E-state index contributed by atoms with van der Waals surface area (Å²) in [5, 5.41) is 0. The molecular formula is C19H17F3N4O4. The highest BCUT2D eigenvalue weighted by molar-refractivity contribution is 5.92. The van der Waals surface area contributed by atoms with Gasteiger partial charge in [0.25, 0.3) is 5.91 Å². The first-order valence-corrected chi connectivity index (χ1v) is 9.25. The Kier molecular flexibility index (Phi) is 5.27. The second-order valence-corrected chi connectivity index (χ2v) is 7.07. The van der Waals surface area contributed by atoms with E-state index in [2.05, 4.69) is 19.7 Å². The third-order valence-corrected chi connectivity index (χ3v) is 4.59. The van der Waals surface area contributed by atoms with Crippen molar-refractivity contribution in [2.24, 2.45) is 5.92 Å². The van der Waals surface area contributed by atoms with Gasteiger partial charge in [-0.15, -0.1) is 0 Å². The zero-order valence-electron chi connectivity index (χ0n) is 15.7. The Morgan fingerprint density at radius 3 is 2.73 bits per heavy atom. The Hall–Kier alpha value is -3.24. The fraction of sp³-hybridized carbons (Fsp3) is 0.421. The zero-order valence-corrected chi connectivity index (χ0v) is 15.7. The maximum absolute atomic E-state index is 12.8. The fourth-order valence-corrected chi connectivity index (χ4v) is 2.93. The number of amides is 1. The number of hydrogen-bond donors (Lipinski definition) is 0. The molecule has 1 aliphatic heterocycles. The highest BCUT2D eigenvalue weighted by Crippen LogP contribution is 2.31. The van der Waals surface area contributed by atoms with Crippen molar-refractivity contribution in [2.75, 3.05) is 13.3 Å². The Morgan fingerprint density at radius 1 is 1.20 bits per heavy atom. The molecule has 4 rings (SSSR count). The average Bonchev–Trinajstić information content (AvgIpc) is 3.56. The molecule has 0 radical (unpaired) electrons. The summed E-state index contributed by atoms with van der Waals surface area (Å²) in [6, 6.07) is 4.23. The van der Waals surface area contributed by atoms with Gasteiger partial charge in [0.15, 0.2) is 13.3 Å². The second kappa shape index (κ2) is 7.88. The Labute approximate surface area is 169 Å². The number of ether oxygens (including phenoxy) is 2. The SMILES string of the molecule is O=C(Cc1nccc(C(=O)N2COc3nc(OCC(F)(F)F)ccc3C2)n1)C1CC1. The molecule has 1 saturated carbocycles. The number of aromatic nitrogens is 3. The van der Waals surface area contributed by atoms with Crippen LogP contribution in [0.15, 0.2) is 24.4 Å². The lowest BCUT2D eigenvalue weighted by atomic mass is 10.2. The number of nitrogens with zero attached hydrogens (tertiary/aromatic N) is 4. The number of carbonyl (C=O) groups excluding carboxylic acids is 2. The monoisotopic (exact) mass is 422 g/mol. The van der Waals surface area contributed by atoms with Crippen LogP contribution in [-0.4, -0.2) is 51.1 Å². The predicted octanol–water partition coefficient (Wildman–Crippen LogP) is 2.33. The maximum Gasteiger partial charge on any atom is 0.422 e. The normalized spacial score (nSPS) is 15.9. The quantitative estimate of drug-likeness (QED) is 0.705. The van der Waals surface area contributed by atoms with Crippen molar-refractivity contribution >= 4 is 11.7 Å². The first-order valence-electron chi connectivity index (χ1n) is 9.25. The number of fused-ring (bicyclic) bond motifs is 1. The maximum atomic E-state index is 12.8. The van der Waals surface area contributed by atoms with Crippen LogP contribution in [0.1, 0.15) is 34.7 Å². The molecule has 0 unspecified atom stereocenters. The number of halogens is 3. The summed E-state index contributed by atoms with van der Waals surface area (Å²) in [6.45, 7) is -1.47. The van der Waals surface area contributed by atoms with Crippen LogP contribution in [-0.2, 0) is 17.8 Å². The van der Waals surface area contributed by atoms with Gasteiger partial charge in [0.2, 0.25) is 11.8 Å². The molecule has 0 saturated heterocycles. The van der Waals surface area contributed by atoms with Gasteiger partial charge in [-0.1, -0.05) is 0 Å². The van der Waals surface area contributed by atoms with E-state index in [0.717, 1.165) is 12.8 Å². The van der Waals surface area contributed by atoms with Crippen molar-refractivity contribution < 1.29 is 32.2 Å². The van der Waals surface area contributed by atoms with Gasteiger partial charge < -0.3 is 9.47 Å². The summed E-state index contributed by atoms with van der Waals surface area (Å²) in [5.41, 5.74) is 0.654. The van der Waals surface area contributed by atoms with Gasteiger partial charge in [0.05, 0.1) is 13.0 Å². The molecule has 30 heavy (non-hydrogen) atoms. The van der Waals surface area contributed by atoms with Gasteiger partial charge in [-0.25, -0.2) is 9.97 Å². The predicted molar refractivity (Wildman–Crippen MR) is 94.6 cm³/mol. The third kappa shape index (κ3) is 4.84. The van der Waals surface area contributed by atoms with Gasteiger partial charge in [0.1, 0.15) is 17.3 Å². The van der Waals surface area contributed by atoms with Gasteiger partial charge in [-0.05, 0) is 25.0 Å². The number of rotatable bonds is 6. The minimum Gasteiger partial charge on any atom is -0.468 e. The van der Waals surface area contributed by atoms with E-state index in [1.807, 2.05) is 0 Å². The number of Topliss-reactive ketones (excluding diaryl/α,β-unsaturated/α-hetero) is 1. The molecule has 11 heteroatoms. The van der Waals surface area contributed by atoms with E-state index in [1.165, 1.54) is 29.3 Å². The summed E-state index contributed by atoms with van der Waals surface area (Å²) in [7, 11) is 0. The van der Waals surface area contributed by atoms with Gasteiger partial charge in [0, 0.05) is 23.7 Å². The molecule has 1 amide bonds. The van der Waals surface area contributed by atoms with E-state index < -0.39 is 18.7 Å². The first kappa shape index (κ1) is 20.0. The lowest BCUT2D eigenvalue weighted by Gasteiger charge is -2.28. The number of ketones is 1. The molecule has 0 aromatic carbocycles. The number of pyridine rings is 1. The minimum atomic E-state index is -4.47. The summed E-state index contributed by atoms with van der Waals surface area (Å²) in [5.74, 6) is -0.0737. The first-order chi connectivity index (χ1) is 14.3. The van der Waals surface area contributed by atoms with Crippen LogP contribution >= 0.6 is 0 Å². The summed E-state index contributed by atoms with van der Waals surface area (Å²) >= 11 is 0. The summed E-state index contributed by atoms with van der Waals surface area (Å²) in [6.07, 6.45) is -1.17. The molecule has 2 aromatic heterocycles. The molecule has 1 fully saturated rings. The van der Waals surface area contributed by atoms with E-state index in [4.69, 9.17) is 4.74 Å². The molecule has 8 nitrogen and oxygen atoms in total. The Morgan fingerprint density at radius 2 is 2.00 bits per heavy atom. The lowest BCUT2D eigenvalue weighted by molar-refractivity contribution is -0.154. The van der Waals surface area contributed by atoms with E-state index in [-0.39, 0.29) is 48.9 Å². The van der Waals surface area contributed by atoms with Crippen LogP contribution in [0, 0.1) is 5.92 Å². The van der Waals surface area contributed by atoms with E-state index in [1.54, 1.807) is 0 Å². The molecule has 3 heterocycles. The van der Waals surface area contributed by atoms with Crippen molar-refractivity contribution in [2.45, 2.75) is 32.0 Å². The Balaban J connectivity index is 1.41. The zero-order chi connectivity index (χ0) is 21.3. The van der Waals surface area contributed by atoms with Crippen LogP contribution in [0.25, 0.3) is 0 Å². The molecular weight excluding hydrogens is 405 g/mol. The van der Waals surface area contributed by atoms with Crippen molar-refractivity contribution in [3.8, 4) is 11.8 Å². The third-order valence-electron chi connectivity index (χ3n) is 4.59. The molecule has 1 aliphatic carbocycles. The van der Waals surface area contributed by atoms with Crippen LogP contribution in [0.5, 0.6) is 11.8 Å². The lowest BCUT2D eigenvalue weighted by Crippen LogP contribution is -2.38. The van der Waals surface area contributed by atoms with Crippen LogP contribution < -0.4 is 9.47 Å².